The molecule has 1 fully saturated rings. The fourth-order valence-electron chi connectivity index (χ4n) is 4.61. The molecule has 182 valence electrons. The number of nitrogens with zero attached hydrogens (tertiary/aromatic N) is 4. The normalized spacial score (nSPS) is 17.4. The van der Waals surface area contributed by atoms with E-state index in [9.17, 15) is 14.0 Å². The van der Waals surface area contributed by atoms with Crippen molar-refractivity contribution in [2.24, 2.45) is 0 Å². The van der Waals surface area contributed by atoms with Crippen LogP contribution in [-0.4, -0.2) is 63.1 Å². The molecule has 7 nitrogen and oxygen atoms in total. The molecule has 9 heteroatoms. The molecule has 2 aromatic rings. The van der Waals surface area contributed by atoms with Gasteiger partial charge >= 0.3 is 0 Å². The summed E-state index contributed by atoms with van der Waals surface area (Å²) in [6.07, 6.45) is 6.21. The minimum absolute atomic E-state index is 0.0942. The Hall–Kier alpha value is -2.68. The maximum absolute atomic E-state index is 14.5. The Morgan fingerprint density at radius 2 is 1.97 bits per heavy atom. The zero-order valence-corrected chi connectivity index (χ0v) is 20.7. The Bertz CT molecular complexity index is 1130. The third kappa shape index (κ3) is 5.04. The van der Waals surface area contributed by atoms with E-state index in [0.717, 1.165) is 42.2 Å². The number of fused-ring (bicyclic) bond motifs is 1. The average Bonchev–Trinajstić information content (AvgIpc) is 2.86. The lowest BCUT2D eigenvalue weighted by molar-refractivity contribution is 0.0419. The van der Waals surface area contributed by atoms with E-state index in [1.165, 1.54) is 16.3 Å². The summed E-state index contributed by atoms with van der Waals surface area (Å²) in [5, 5.41) is 8.33. The summed E-state index contributed by atoms with van der Waals surface area (Å²) < 4.78 is 15.9. The van der Waals surface area contributed by atoms with Gasteiger partial charge in [0.15, 0.2) is 0 Å². The van der Waals surface area contributed by atoms with Gasteiger partial charge in [-0.25, -0.2) is 9.37 Å². The van der Waals surface area contributed by atoms with E-state index in [1.54, 1.807) is 23.4 Å². The van der Waals surface area contributed by atoms with Crippen LogP contribution in [0.15, 0.2) is 30.6 Å². The van der Waals surface area contributed by atoms with Crippen molar-refractivity contribution in [2.75, 3.05) is 36.0 Å². The van der Waals surface area contributed by atoms with Crippen molar-refractivity contribution in [2.45, 2.75) is 51.6 Å². The number of piperidine rings is 1. The van der Waals surface area contributed by atoms with Crippen LogP contribution < -0.4 is 10.4 Å². The van der Waals surface area contributed by atoms with Crippen LogP contribution in [0.3, 0.4) is 0 Å². The Labute approximate surface area is 203 Å². The number of pyridine rings is 2. The first kappa shape index (κ1) is 24.4. The number of anilines is 2. The first-order chi connectivity index (χ1) is 16.3. The number of thioether (sulfide) groups is 1. The van der Waals surface area contributed by atoms with Crippen molar-refractivity contribution in [1.29, 1.82) is 5.41 Å². The van der Waals surface area contributed by atoms with Crippen LogP contribution >= 0.6 is 11.8 Å². The van der Waals surface area contributed by atoms with Crippen molar-refractivity contribution >= 4 is 35.1 Å². The molecule has 0 bridgehead atoms. The van der Waals surface area contributed by atoms with E-state index in [1.807, 2.05) is 30.9 Å². The second kappa shape index (κ2) is 10.3. The standard InChI is InChI=1S/C25H32FN5O2S/c1-3-25(26)8-12-29(13-9-25)24(33)19-14-18-6-5-10-30(23(18)28-16-19)20-7-11-31(21(27)15-20)22(32)17-34-4-2/h7,11,14-16,27H,3-6,8-10,12-13,17H2,1-2H3. The molecular formula is C25H32FN5O2S. The van der Waals surface area contributed by atoms with Gasteiger partial charge in [0.25, 0.3) is 5.91 Å². The maximum atomic E-state index is 14.5. The summed E-state index contributed by atoms with van der Waals surface area (Å²) in [4.78, 5) is 33.8. The highest BCUT2D eigenvalue weighted by Crippen LogP contribution is 2.33. The van der Waals surface area contributed by atoms with Gasteiger partial charge in [0.1, 0.15) is 17.0 Å². The third-order valence-electron chi connectivity index (χ3n) is 6.80. The van der Waals surface area contributed by atoms with Crippen LogP contribution in [0.4, 0.5) is 15.9 Å². The second-order valence-corrected chi connectivity index (χ2v) is 10.2. The molecule has 1 N–H and O–H groups in total. The highest BCUT2D eigenvalue weighted by Gasteiger charge is 2.34. The smallest absolute Gasteiger partial charge is 0.255 e. The van der Waals surface area contributed by atoms with Crippen LogP contribution in [0.1, 0.15) is 60.2 Å². The first-order valence-corrected chi connectivity index (χ1v) is 13.1. The van der Waals surface area contributed by atoms with Crippen molar-refractivity contribution < 1.29 is 14.0 Å². The number of amides is 1. The number of hydrogen-bond donors (Lipinski definition) is 1. The lowest BCUT2D eigenvalue weighted by Gasteiger charge is -2.36. The Morgan fingerprint density at radius 3 is 2.65 bits per heavy atom. The number of aryl methyl sites for hydroxylation is 1. The molecule has 0 radical (unpaired) electrons. The molecule has 0 aromatic carbocycles. The molecule has 2 aliphatic heterocycles. The van der Waals surface area contributed by atoms with Gasteiger partial charge in [0, 0.05) is 43.8 Å². The molecule has 34 heavy (non-hydrogen) atoms. The SMILES string of the molecule is CCSCC(=O)n1ccc(N2CCCc3cc(C(=O)N4CCC(F)(CC)CC4)cnc32)cc1=N. The second-order valence-electron chi connectivity index (χ2n) is 8.93. The number of aromatic nitrogens is 2. The van der Waals surface area contributed by atoms with E-state index >= 15 is 0 Å². The van der Waals surface area contributed by atoms with Crippen LogP contribution in [0.5, 0.6) is 0 Å². The summed E-state index contributed by atoms with van der Waals surface area (Å²) in [5.74, 6) is 1.78. The summed E-state index contributed by atoms with van der Waals surface area (Å²) in [7, 11) is 0. The number of halogens is 1. The molecule has 4 rings (SSSR count). The molecule has 0 aliphatic carbocycles. The van der Waals surface area contributed by atoms with Crippen molar-refractivity contribution in [3.05, 3.63) is 47.2 Å². The third-order valence-corrected chi connectivity index (χ3v) is 7.66. The quantitative estimate of drug-likeness (QED) is 0.663. The van der Waals surface area contributed by atoms with Crippen LogP contribution in [0.25, 0.3) is 0 Å². The number of alkyl halides is 1. The zero-order chi connectivity index (χ0) is 24.3. The first-order valence-electron chi connectivity index (χ1n) is 12.0. The molecule has 0 saturated carbocycles. The van der Waals surface area contributed by atoms with E-state index < -0.39 is 5.67 Å². The Kier molecular flexibility index (Phi) is 7.40. The van der Waals surface area contributed by atoms with Crippen molar-refractivity contribution in [3.63, 3.8) is 0 Å². The van der Waals surface area contributed by atoms with Crippen LogP contribution in [0, 0.1) is 5.41 Å². The van der Waals surface area contributed by atoms with Gasteiger partial charge in [0.2, 0.25) is 5.91 Å². The molecule has 0 spiro atoms. The van der Waals surface area contributed by atoms with Crippen LogP contribution in [-0.2, 0) is 6.42 Å². The van der Waals surface area contributed by atoms with Crippen molar-refractivity contribution in [3.8, 4) is 0 Å². The van der Waals surface area contributed by atoms with Gasteiger partial charge in [0.05, 0.1) is 11.3 Å². The molecule has 2 aliphatic rings. The van der Waals surface area contributed by atoms with Crippen molar-refractivity contribution in [1.82, 2.24) is 14.5 Å². The van der Waals surface area contributed by atoms with Gasteiger partial charge in [-0.2, -0.15) is 11.8 Å². The van der Waals surface area contributed by atoms with Gasteiger partial charge in [-0.05, 0) is 55.6 Å². The summed E-state index contributed by atoms with van der Waals surface area (Å²) in [5.41, 5.74) is 1.31. The molecule has 1 amide bonds. The number of rotatable bonds is 6. The van der Waals surface area contributed by atoms with E-state index in [0.29, 0.717) is 43.7 Å². The maximum Gasteiger partial charge on any atom is 0.255 e. The topological polar surface area (TPSA) is 82.3 Å². The number of carbonyl (C=O) groups is 2. The molecule has 4 heterocycles. The zero-order valence-electron chi connectivity index (χ0n) is 19.8. The molecule has 0 atom stereocenters. The molecule has 2 aromatic heterocycles. The fraction of sp³-hybridized carbons (Fsp3) is 0.520. The predicted octanol–water partition coefficient (Wildman–Crippen LogP) is 4.19. The monoisotopic (exact) mass is 485 g/mol. The number of hydrogen-bond acceptors (Lipinski definition) is 6. The van der Waals surface area contributed by atoms with Crippen LogP contribution in [0.2, 0.25) is 0 Å². The van der Waals surface area contributed by atoms with Gasteiger partial charge in [-0.15, -0.1) is 0 Å². The number of likely N-dealkylation sites (tertiary alicyclic amines) is 1. The van der Waals surface area contributed by atoms with E-state index in [4.69, 9.17) is 5.41 Å². The largest absolute Gasteiger partial charge is 0.338 e. The number of carbonyl (C=O) groups excluding carboxylic acids is 2. The fourth-order valence-corrected chi connectivity index (χ4v) is 5.13. The summed E-state index contributed by atoms with van der Waals surface area (Å²) >= 11 is 1.53. The molecule has 0 unspecified atom stereocenters. The highest BCUT2D eigenvalue weighted by atomic mass is 32.2. The van der Waals surface area contributed by atoms with E-state index in [-0.39, 0.29) is 17.3 Å². The number of nitrogens with one attached hydrogen (secondary N) is 1. The molecule has 1 saturated heterocycles. The van der Waals surface area contributed by atoms with Gasteiger partial charge in [-0.1, -0.05) is 13.8 Å². The summed E-state index contributed by atoms with van der Waals surface area (Å²) in [6, 6.07) is 5.44. The van der Waals surface area contributed by atoms with Gasteiger partial charge < -0.3 is 9.80 Å². The van der Waals surface area contributed by atoms with Gasteiger partial charge in [-0.3, -0.25) is 19.6 Å². The average molecular weight is 486 g/mol. The Morgan fingerprint density at radius 1 is 1.21 bits per heavy atom. The highest BCUT2D eigenvalue weighted by molar-refractivity contribution is 7.99. The lowest BCUT2D eigenvalue weighted by atomic mass is 9.90. The minimum atomic E-state index is -1.16. The molecular weight excluding hydrogens is 453 g/mol. The predicted molar refractivity (Wildman–Crippen MR) is 133 cm³/mol. The lowest BCUT2D eigenvalue weighted by Crippen LogP contribution is -2.44. The minimum Gasteiger partial charge on any atom is -0.338 e. The Balaban J connectivity index is 1.52. The van der Waals surface area contributed by atoms with E-state index in [2.05, 4.69) is 4.98 Å². The summed E-state index contributed by atoms with van der Waals surface area (Å²) in [6.45, 7) is 5.46.